The lowest BCUT2D eigenvalue weighted by atomic mass is 10.1. The summed E-state index contributed by atoms with van der Waals surface area (Å²) in [4.78, 5) is 24.3. The normalized spacial score (nSPS) is 10.4. The molecule has 3 aromatic rings. The number of amides is 1. The summed E-state index contributed by atoms with van der Waals surface area (Å²) < 4.78 is 11.9. The number of carbonyl (C=O) groups excluding carboxylic acids is 2. The van der Waals surface area contributed by atoms with Crippen molar-refractivity contribution >= 4 is 17.6 Å². The Morgan fingerprint density at radius 3 is 2.38 bits per heavy atom. The molecule has 0 fully saturated rings. The SMILES string of the molecule is COc1ccc(CC(=O)OCC(=O)Nc2c(C)nn(-c3ccccc3)c2C)cc1. The van der Waals surface area contributed by atoms with Crippen LogP contribution in [0.25, 0.3) is 5.69 Å². The van der Waals surface area contributed by atoms with Gasteiger partial charge in [-0.25, -0.2) is 4.68 Å². The Morgan fingerprint density at radius 1 is 1.03 bits per heavy atom. The number of esters is 1. The number of aromatic nitrogens is 2. The van der Waals surface area contributed by atoms with E-state index in [0.29, 0.717) is 17.1 Å². The molecule has 1 heterocycles. The summed E-state index contributed by atoms with van der Waals surface area (Å²) in [5, 5.41) is 7.27. The highest BCUT2D eigenvalue weighted by Gasteiger charge is 2.16. The average molecular weight is 393 g/mol. The van der Waals surface area contributed by atoms with E-state index in [9.17, 15) is 9.59 Å². The van der Waals surface area contributed by atoms with E-state index < -0.39 is 11.9 Å². The Morgan fingerprint density at radius 2 is 1.72 bits per heavy atom. The maximum Gasteiger partial charge on any atom is 0.310 e. The van der Waals surface area contributed by atoms with Crippen LogP contribution in [0, 0.1) is 13.8 Å². The van der Waals surface area contributed by atoms with Gasteiger partial charge in [-0.05, 0) is 43.7 Å². The van der Waals surface area contributed by atoms with Crippen molar-refractivity contribution in [1.29, 1.82) is 0 Å². The smallest absolute Gasteiger partial charge is 0.310 e. The number of nitrogens with one attached hydrogen (secondary N) is 1. The molecule has 0 atom stereocenters. The van der Waals surface area contributed by atoms with Crippen molar-refractivity contribution < 1.29 is 19.1 Å². The Hall–Kier alpha value is -3.61. The van der Waals surface area contributed by atoms with Crippen LogP contribution in [0.15, 0.2) is 54.6 Å². The standard InChI is InChI=1S/C22H23N3O4/c1-15-22(16(2)25(24-15)18-7-5-4-6-8-18)23-20(26)14-29-21(27)13-17-9-11-19(28-3)12-10-17/h4-12H,13-14H2,1-3H3,(H,23,26). The Kier molecular flexibility index (Phi) is 6.29. The molecule has 0 saturated heterocycles. The molecule has 0 aliphatic heterocycles. The quantitative estimate of drug-likeness (QED) is 0.623. The minimum atomic E-state index is -0.473. The molecule has 0 spiro atoms. The molecule has 1 N–H and O–H groups in total. The highest BCUT2D eigenvalue weighted by molar-refractivity contribution is 5.94. The van der Waals surface area contributed by atoms with E-state index in [1.807, 2.05) is 44.2 Å². The fourth-order valence-electron chi connectivity index (χ4n) is 2.93. The van der Waals surface area contributed by atoms with Gasteiger partial charge >= 0.3 is 5.97 Å². The van der Waals surface area contributed by atoms with Gasteiger partial charge in [-0.15, -0.1) is 0 Å². The van der Waals surface area contributed by atoms with Gasteiger partial charge in [0.15, 0.2) is 6.61 Å². The summed E-state index contributed by atoms with van der Waals surface area (Å²) in [5.41, 5.74) is 3.78. The van der Waals surface area contributed by atoms with E-state index in [1.54, 1.807) is 36.1 Å². The summed E-state index contributed by atoms with van der Waals surface area (Å²) in [6.07, 6.45) is 0.0846. The average Bonchev–Trinajstić information content (AvgIpc) is 3.02. The zero-order chi connectivity index (χ0) is 20.8. The van der Waals surface area contributed by atoms with Crippen molar-refractivity contribution in [3.05, 3.63) is 71.5 Å². The summed E-state index contributed by atoms with van der Waals surface area (Å²) in [5.74, 6) is -0.172. The third-order valence-electron chi connectivity index (χ3n) is 4.43. The first-order valence-corrected chi connectivity index (χ1v) is 9.18. The van der Waals surface area contributed by atoms with Crippen molar-refractivity contribution in [2.24, 2.45) is 0 Å². The molecule has 29 heavy (non-hydrogen) atoms. The number of benzene rings is 2. The van der Waals surface area contributed by atoms with Crippen LogP contribution in [0.1, 0.15) is 17.0 Å². The van der Waals surface area contributed by atoms with Crippen LogP contribution in [0.4, 0.5) is 5.69 Å². The van der Waals surface area contributed by atoms with Crippen LogP contribution < -0.4 is 10.1 Å². The van der Waals surface area contributed by atoms with Crippen molar-refractivity contribution in [2.75, 3.05) is 19.0 Å². The fourth-order valence-corrected chi connectivity index (χ4v) is 2.93. The number of rotatable bonds is 7. The first kappa shape index (κ1) is 20.1. The second kappa shape index (κ2) is 9.05. The van der Waals surface area contributed by atoms with E-state index in [2.05, 4.69) is 10.4 Å². The van der Waals surface area contributed by atoms with Crippen LogP contribution in [-0.4, -0.2) is 35.4 Å². The molecule has 0 unspecified atom stereocenters. The maximum absolute atomic E-state index is 12.3. The van der Waals surface area contributed by atoms with Crippen LogP contribution in [-0.2, 0) is 20.7 Å². The fraction of sp³-hybridized carbons (Fsp3) is 0.227. The molecule has 1 aromatic heterocycles. The first-order valence-electron chi connectivity index (χ1n) is 9.18. The monoisotopic (exact) mass is 393 g/mol. The number of nitrogens with zero attached hydrogens (tertiary/aromatic N) is 2. The maximum atomic E-state index is 12.3. The highest BCUT2D eigenvalue weighted by atomic mass is 16.5. The van der Waals surface area contributed by atoms with Crippen molar-refractivity contribution in [3.63, 3.8) is 0 Å². The second-order valence-corrected chi connectivity index (χ2v) is 6.53. The summed E-state index contributed by atoms with van der Waals surface area (Å²) in [7, 11) is 1.58. The van der Waals surface area contributed by atoms with Gasteiger partial charge in [0.2, 0.25) is 0 Å². The van der Waals surface area contributed by atoms with Gasteiger partial charge in [0, 0.05) is 0 Å². The summed E-state index contributed by atoms with van der Waals surface area (Å²) in [6.45, 7) is 3.33. The molecule has 0 aliphatic rings. The van der Waals surface area contributed by atoms with E-state index in [-0.39, 0.29) is 13.0 Å². The molecular weight excluding hydrogens is 370 g/mol. The van der Waals surface area contributed by atoms with Crippen LogP contribution in [0.2, 0.25) is 0 Å². The van der Waals surface area contributed by atoms with Gasteiger partial charge in [0.1, 0.15) is 5.75 Å². The lowest BCUT2D eigenvalue weighted by Gasteiger charge is -2.08. The van der Waals surface area contributed by atoms with E-state index in [4.69, 9.17) is 9.47 Å². The van der Waals surface area contributed by atoms with Crippen molar-refractivity contribution in [2.45, 2.75) is 20.3 Å². The molecule has 2 aromatic carbocycles. The Bertz CT molecular complexity index is 995. The van der Waals surface area contributed by atoms with E-state index in [0.717, 1.165) is 16.9 Å². The number of hydrogen-bond donors (Lipinski definition) is 1. The highest BCUT2D eigenvalue weighted by Crippen LogP contribution is 2.22. The van der Waals surface area contributed by atoms with Crippen molar-refractivity contribution in [3.8, 4) is 11.4 Å². The van der Waals surface area contributed by atoms with Crippen LogP contribution in [0.3, 0.4) is 0 Å². The minimum Gasteiger partial charge on any atom is -0.497 e. The Balaban J connectivity index is 1.56. The van der Waals surface area contributed by atoms with Gasteiger partial charge in [-0.1, -0.05) is 30.3 Å². The topological polar surface area (TPSA) is 82.4 Å². The predicted octanol–water partition coefficient (Wildman–Crippen LogP) is 3.22. The molecule has 0 radical (unpaired) electrons. The van der Waals surface area contributed by atoms with Gasteiger partial charge in [0.25, 0.3) is 5.91 Å². The van der Waals surface area contributed by atoms with Gasteiger partial charge in [0.05, 0.1) is 36.3 Å². The second-order valence-electron chi connectivity index (χ2n) is 6.53. The van der Waals surface area contributed by atoms with E-state index >= 15 is 0 Å². The number of hydrogen-bond acceptors (Lipinski definition) is 5. The third-order valence-corrected chi connectivity index (χ3v) is 4.43. The molecule has 1 amide bonds. The largest absolute Gasteiger partial charge is 0.497 e. The van der Waals surface area contributed by atoms with Crippen LogP contribution in [0.5, 0.6) is 5.75 Å². The number of carbonyl (C=O) groups is 2. The zero-order valence-electron chi connectivity index (χ0n) is 16.6. The minimum absolute atomic E-state index is 0.0846. The molecule has 7 nitrogen and oxygen atoms in total. The number of methoxy groups -OCH3 is 1. The summed E-state index contributed by atoms with van der Waals surface area (Å²) >= 11 is 0. The third kappa shape index (κ3) is 5.01. The lowest BCUT2D eigenvalue weighted by Crippen LogP contribution is -2.22. The lowest BCUT2D eigenvalue weighted by molar-refractivity contribution is -0.146. The molecule has 0 bridgehead atoms. The molecule has 7 heteroatoms. The Labute approximate surface area is 169 Å². The molecular formula is C22H23N3O4. The van der Waals surface area contributed by atoms with Crippen LogP contribution >= 0.6 is 0 Å². The summed E-state index contributed by atoms with van der Waals surface area (Å²) in [6, 6.07) is 16.8. The zero-order valence-corrected chi connectivity index (χ0v) is 16.6. The first-order chi connectivity index (χ1) is 14.0. The van der Waals surface area contributed by atoms with Gasteiger partial charge in [-0.3, -0.25) is 9.59 Å². The van der Waals surface area contributed by atoms with Gasteiger partial charge < -0.3 is 14.8 Å². The number of ether oxygens (including phenoxy) is 2. The predicted molar refractivity (Wildman–Crippen MR) is 109 cm³/mol. The number of para-hydroxylation sites is 1. The molecule has 3 rings (SSSR count). The molecule has 0 saturated carbocycles. The number of aryl methyl sites for hydroxylation is 1. The van der Waals surface area contributed by atoms with E-state index in [1.165, 1.54) is 0 Å². The molecule has 150 valence electrons. The molecule has 0 aliphatic carbocycles. The number of anilines is 1. The van der Waals surface area contributed by atoms with Crippen molar-refractivity contribution in [1.82, 2.24) is 9.78 Å². The van der Waals surface area contributed by atoms with Gasteiger partial charge in [-0.2, -0.15) is 5.10 Å².